The van der Waals surface area contributed by atoms with Crippen LogP contribution in [0.5, 0.6) is 0 Å². The lowest BCUT2D eigenvalue weighted by Crippen LogP contribution is -2.40. The quantitative estimate of drug-likeness (QED) is 0.788. The molecular weight excluding hydrogens is 300 g/mol. The van der Waals surface area contributed by atoms with Gasteiger partial charge in [-0.05, 0) is 43.9 Å². The van der Waals surface area contributed by atoms with Crippen molar-refractivity contribution >= 4 is 11.6 Å². The topological polar surface area (TPSA) is 50.4 Å². The van der Waals surface area contributed by atoms with Crippen molar-refractivity contribution in [2.24, 2.45) is 11.8 Å². The highest BCUT2D eigenvalue weighted by Crippen LogP contribution is 2.22. The molecule has 0 bridgehead atoms. The molecule has 1 fully saturated rings. The van der Waals surface area contributed by atoms with Gasteiger partial charge in [-0.15, -0.1) is 6.42 Å². The lowest BCUT2D eigenvalue weighted by molar-refractivity contribution is 0.0931. The van der Waals surface area contributed by atoms with Crippen LogP contribution in [0, 0.1) is 31.1 Å². The summed E-state index contributed by atoms with van der Waals surface area (Å²) in [5, 5.41) is 6.47. The van der Waals surface area contributed by atoms with Crippen LogP contribution in [0.1, 0.15) is 43.1 Å². The van der Waals surface area contributed by atoms with Gasteiger partial charge in [0.15, 0.2) is 0 Å². The molecule has 0 spiro atoms. The van der Waals surface area contributed by atoms with Gasteiger partial charge in [-0.1, -0.05) is 25.8 Å². The zero-order chi connectivity index (χ0) is 17.7. The SMILES string of the molecule is C#C[C@H](NC(=O)c1cccc(N[C@H](C)C(C)C)c1C)[C@@H]1CCOC1. The molecule has 4 heteroatoms. The van der Waals surface area contributed by atoms with Gasteiger partial charge < -0.3 is 15.4 Å². The van der Waals surface area contributed by atoms with Crippen LogP contribution in [0.3, 0.4) is 0 Å². The fourth-order valence-corrected chi connectivity index (χ4v) is 2.78. The van der Waals surface area contributed by atoms with E-state index in [1.807, 2.05) is 25.1 Å². The predicted molar refractivity (Wildman–Crippen MR) is 98.1 cm³/mol. The highest BCUT2D eigenvalue weighted by atomic mass is 16.5. The lowest BCUT2D eigenvalue weighted by atomic mass is 9.98. The minimum Gasteiger partial charge on any atom is -0.382 e. The third-order valence-corrected chi connectivity index (χ3v) is 4.86. The number of carbonyl (C=O) groups is 1. The van der Waals surface area contributed by atoms with Crippen molar-refractivity contribution in [3.05, 3.63) is 29.3 Å². The maximum Gasteiger partial charge on any atom is 0.252 e. The smallest absolute Gasteiger partial charge is 0.252 e. The second kappa shape index (κ2) is 8.21. The van der Waals surface area contributed by atoms with E-state index in [4.69, 9.17) is 11.2 Å². The van der Waals surface area contributed by atoms with Gasteiger partial charge in [0.05, 0.1) is 12.6 Å². The van der Waals surface area contributed by atoms with E-state index < -0.39 is 0 Å². The van der Waals surface area contributed by atoms with E-state index in [-0.39, 0.29) is 17.9 Å². The van der Waals surface area contributed by atoms with Gasteiger partial charge in [0.1, 0.15) is 0 Å². The van der Waals surface area contributed by atoms with Crippen LogP contribution in [0.25, 0.3) is 0 Å². The van der Waals surface area contributed by atoms with Crippen molar-refractivity contribution in [1.29, 1.82) is 0 Å². The van der Waals surface area contributed by atoms with Crippen LogP contribution in [0.2, 0.25) is 0 Å². The van der Waals surface area contributed by atoms with E-state index in [1.165, 1.54) is 0 Å². The molecule has 0 radical (unpaired) electrons. The third-order valence-electron chi connectivity index (χ3n) is 4.86. The first kappa shape index (κ1) is 18.4. The van der Waals surface area contributed by atoms with Crippen LogP contribution in [-0.2, 0) is 4.74 Å². The summed E-state index contributed by atoms with van der Waals surface area (Å²) in [5.41, 5.74) is 2.60. The summed E-state index contributed by atoms with van der Waals surface area (Å²) < 4.78 is 5.38. The molecule has 1 aliphatic rings. The third kappa shape index (κ3) is 4.30. The largest absolute Gasteiger partial charge is 0.382 e. The molecule has 0 saturated carbocycles. The predicted octanol–water partition coefficient (Wildman–Crippen LogP) is 3.22. The van der Waals surface area contributed by atoms with Crippen LogP contribution in [0.4, 0.5) is 5.69 Å². The number of rotatable bonds is 6. The van der Waals surface area contributed by atoms with Crippen LogP contribution in [-0.4, -0.2) is 31.2 Å². The highest BCUT2D eigenvalue weighted by molar-refractivity contribution is 5.97. The number of hydrogen-bond donors (Lipinski definition) is 2. The van der Waals surface area contributed by atoms with Gasteiger partial charge in [-0.2, -0.15) is 0 Å². The standard InChI is InChI=1S/C20H28N2O2/c1-6-18(16-10-11-24-12-16)22-20(23)17-8-7-9-19(14(17)4)21-15(5)13(2)3/h1,7-9,13,15-16,18,21H,10-12H2,2-5H3,(H,22,23)/t15-,16-,18+/m1/s1. The Morgan fingerprint density at radius 3 is 2.71 bits per heavy atom. The summed E-state index contributed by atoms with van der Waals surface area (Å²) in [4.78, 5) is 12.7. The monoisotopic (exact) mass is 328 g/mol. The Kier molecular flexibility index (Phi) is 6.28. The molecule has 1 saturated heterocycles. The summed E-state index contributed by atoms with van der Waals surface area (Å²) in [6.45, 7) is 9.78. The number of benzene rings is 1. The van der Waals surface area contributed by atoms with Crippen molar-refractivity contribution in [2.75, 3.05) is 18.5 Å². The Morgan fingerprint density at radius 1 is 1.38 bits per heavy atom. The zero-order valence-corrected chi connectivity index (χ0v) is 15.1. The van der Waals surface area contributed by atoms with Crippen molar-refractivity contribution in [1.82, 2.24) is 5.32 Å². The average Bonchev–Trinajstić information content (AvgIpc) is 3.08. The molecule has 24 heavy (non-hydrogen) atoms. The molecule has 1 heterocycles. The second-order valence-electron chi connectivity index (χ2n) is 6.90. The minimum absolute atomic E-state index is 0.122. The number of hydrogen-bond acceptors (Lipinski definition) is 3. The summed E-state index contributed by atoms with van der Waals surface area (Å²) in [7, 11) is 0. The van der Waals surface area contributed by atoms with Crippen molar-refractivity contribution in [2.45, 2.75) is 46.2 Å². The first-order valence-electron chi connectivity index (χ1n) is 8.65. The number of ether oxygens (including phenoxy) is 1. The molecule has 0 unspecified atom stereocenters. The van der Waals surface area contributed by atoms with Gasteiger partial charge in [0.25, 0.3) is 5.91 Å². The molecule has 0 aromatic heterocycles. The lowest BCUT2D eigenvalue weighted by Gasteiger charge is -2.22. The fourth-order valence-electron chi connectivity index (χ4n) is 2.78. The van der Waals surface area contributed by atoms with Crippen LogP contribution < -0.4 is 10.6 Å². The summed E-state index contributed by atoms with van der Waals surface area (Å²) in [6.07, 6.45) is 6.50. The van der Waals surface area contributed by atoms with Gasteiger partial charge in [-0.25, -0.2) is 0 Å². The van der Waals surface area contributed by atoms with Crippen molar-refractivity contribution < 1.29 is 9.53 Å². The Bertz CT molecular complexity index is 613. The second-order valence-corrected chi connectivity index (χ2v) is 6.90. The molecule has 2 rings (SSSR count). The van der Waals surface area contributed by atoms with E-state index in [0.717, 1.165) is 17.7 Å². The van der Waals surface area contributed by atoms with Crippen LogP contribution >= 0.6 is 0 Å². The molecule has 1 aliphatic heterocycles. The van der Waals surface area contributed by atoms with Crippen LogP contribution in [0.15, 0.2) is 18.2 Å². The molecule has 1 aromatic carbocycles. The van der Waals surface area contributed by atoms with E-state index in [0.29, 0.717) is 30.7 Å². The Hall–Kier alpha value is -1.99. The molecule has 1 aromatic rings. The zero-order valence-electron chi connectivity index (χ0n) is 15.1. The van der Waals surface area contributed by atoms with E-state index in [9.17, 15) is 4.79 Å². The maximum absolute atomic E-state index is 12.7. The maximum atomic E-state index is 12.7. The molecule has 1 amide bonds. The summed E-state index contributed by atoms with van der Waals surface area (Å²) in [5.74, 6) is 3.28. The first-order valence-corrected chi connectivity index (χ1v) is 8.65. The number of terminal acetylenes is 1. The average molecular weight is 328 g/mol. The molecule has 0 aliphatic carbocycles. The first-order chi connectivity index (χ1) is 11.4. The summed E-state index contributed by atoms with van der Waals surface area (Å²) in [6, 6.07) is 5.80. The number of nitrogens with one attached hydrogen (secondary N) is 2. The molecule has 4 nitrogen and oxygen atoms in total. The Balaban J connectivity index is 2.13. The van der Waals surface area contributed by atoms with E-state index in [1.54, 1.807) is 0 Å². The molecule has 2 N–H and O–H groups in total. The van der Waals surface area contributed by atoms with E-state index >= 15 is 0 Å². The molecule has 3 atom stereocenters. The molecule has 130 valence electrons. The number of carbonyl (C=O) groups excluding carboxylic acids is 1. The van der Waals surface area contributed by atoms with Gasteiger partial charge >= 0.3 is 0 Å². The number of amides is 1. The van der Waals surface area contributed by atoms with Gasteiger partial charge in [0, 0.05) is 29.8 Å². The minimum atomic E-state index is -0.286. The van der Waals surface area contributed by atoms with Gasteiger partial charge in [-0.3, -0.25) is 4.79 Å². The Morgan fingerprint density at radius 2 is 2.12 bits per heavy atom. The Labute approximate surface area is 145 Å². The summed E-state index contributed by atoms with van der Waals surface area (Å²) >= 11 is 0. The van der Waals surface area contributed by atoms with Gasteiger partial charge in [0.2, 0.25) is 0 Å². The van der Waals surface area contributed by atoms with Crippen molar-refractivity contribution in [3.8, 4) is 12.3 Å². The highest BCUT2D eigenvalue weighted by Gasteiger charge is 2.26. The van der Waals surface area contributed by atoms with Crippen molar-refractivity contribution in [3.63, 3.8) is 0 Å². The molecular formula is C20H28N2O2. The van der Waals surface area contributed by atoms with E-state index in [2.05, 4.69) is 37.3 Å². The number of anilines is 1. The fraction of sp³-hybridized carbons (Fsp3) is 0.550. The normalized spacial score (nSPS) is 19.6.